The van der Waals surface area contributed by atoms with Crippen molar-refractivity contribution >= 4 is 23.5 Å². The van der Waals surface area contributed by atoms with Crippen LogP contribution in [0.5, 0.6) is 0 Å². The molecule has 0 aromatic heterocycles. The summed E-state index contributed by atoms with van der Waals surface area (Å²) in [6.07, 6.45) is 3.54. The Labute approximate surface area is 78.1 Å². The summed E-state index contributed by atoms with van der Waals surface area (Å²) >= 11 is 4.01. The fourth-order valence-electron chi connectivity index (χ4n) is 1.11. The van der Waals surface area contributed by atoms with Crippen LogP contribution in [-0.4, -0.2) is 35.6 Å². The van der Waals surface area contributed by atoms with Gasteiger partial charge in [-0.3, -0.25) is 0 Å². The normalized spacial score (nSPS) is 27.3. The SMILES string of the molecule is CSC(C)CNC1CCSC1. The van der Waals surface area contributed by atoms with E-state index in [4.69, 9.17) is 0 Å². The Balaban J connectivity index is 2.01. The van der Waals surface area contributed by atoms with Crippen LogP contribution in [0.1, 0.15) is 13.3 Å². The Morgan fingerprint density at radius 3 is 3.09 bits per heavy atom. The highest BCUT2D eigenvalue weighted by Gasteiger charge is 2.14. The maximum atomic E-state index is 3.59. The lowest BCUT2D eigenvalue weighted by Crippen LogP contribution is -2.33. The summed E-state index contributed by atoms with van der Waals surface area (Å²) in [5, 5.41) is 4.36. The molecule has 2 atom stereocenters. The third-order valence-corrected chi connectivity index (χ3v) is 4.16. The molecule has 2 unspecified atom stereocenters. The van der Waals surface area contributed by atoms with E-state index >= 15 is 0 Å². The van der Waals surface area contributed by atoms with Crippen molar-refractivity contribution in [3.05, 3.63) is 0 Å². The standard InChI is InChI=1S/C8H17NS2/c1-7(10-2)5-9-8-3-4-11-6-8/h7-9H,3-6H2,1-2H3. The summed E-state index contributed by atoms with van der Waals surface area (Å²) < 4.78 is 0. The Hall–Kier alpha value is 0.660. The summed E-state index contributed by atoms with van der Waals surface area (Å²) in [5.74, 6) is 2.67. The van der Waals surface area contributed by atoms with E-state index in [1.165, 1.54) is 24.5 Å². The predicted octanol–water partition coefficient (Wildman–Crippen LogP) is 1.83. The molecule has 1 rings (SSSR count). The monoisotopic (exact) mass is 191 g/mol. The highest BCUT2D eigenvalue weighted by atomic mass is 32.2. The van der Waals surface area contributed by atoms with Gasteiger partial charge >= 0.3 is 0 Å². The second-order valence-electron chi connectivity index (χ2n) is 3.02. The highest BCUT2D eigenvalue weighted by Crippen LogP contribution is 2.17. The molecule has 66 valence electrons. The average Bonchev–Trinajstić information content (AvgIpc) is 2.52. The summed E-state index contributed by atoms with van der Waals surface area (Å²) in [6.45, 7) is 3.45. The third kappa shape index (κ3) is 3.72. The molecule has 1 aliphatic rings. The van der Waals surface area contributed by atoms with Crippen molar-refractivity contribution in [2.24, 2.45) is 0 Å². The number of thioether (sulfide) groups is 2. The van der Waals surface area contributed by atoms with Crippen LogP contribution >= 0.6 is 23.5 Å². The number of nitrogens with one attached hydrogen (secondary N) is 1. The second kappa shape index (κ2) is 5.33. The van der Waals surface area contributed by atoms with E-state index < -0.39 is 0 Å². The van der Waals surface area contributed by atoms with Crippen LogP contribution in [0, 0.1) is 0 Å². The van der Waals surface area contributed by atoms with Crippen LogP contribution in [0.25, 0.3) is 0 Å². The molecule has 1 N–H and O–H groups in total. The Kier molecular flexibility index (Phi) is 4.72. The summed E-state index contributed by atoms with van der Waals surface area (Å²) in [6, 6.07) is 0.801. The first-order valence-corrected chi connectivity index (χ1v) is 6.61. The summed E-state index contributed by atoms with van der Waals surface area (Å²) in [4.78, 5) is 0. The Bertz CT molecular complexity index is 102. The molecule has 1 heterocycles. The van der Waals surface area contributed by atoms with Crippen LogP contribution in [0.4, 0.5) is 0 Å². The molecule has 0 aliphatic carbocycles. The zero-order valence-electron chi connectivity index (χ0n) is 7.30. The largest absolute Gasteiger partial charge is 0.312 e. The van der Waals surface area contributed by atoms with Gasteiger partial charge in [-0.15, -0.1) is 0 Å². The molecule has 1 saturated heterocycles. The number of hydrogen-bond acceptors (Lipinski definition) is 3. The lowest BCUT2D eigenvalue weighted by Gasteiger charge is -2.14. The molecule has 0 saturated carbocycles. The van der Waals surface area contributed by atoms with Crippen molar-refractivity contribution in [3.8, 4) is 0 Å². The average molecular weight is 191 g/mol. The van der Waals surface area contributed by atoms with E-state index in [0.717, 1.165) is 11.3 Å². The van der Waals surface area contributed by atoms with Gasteiger partial charge in [-0.05, 0) is 18.4 Å². The van der Waals surface area contributed by atoms with E-state index in [1.807, 2.05) is 11.8 Å². The van der Waals surface area contributed by atoms with Gasteiger partial charge in [0, 0.05) is 23.6 Å². The van der Waals surface area contributed by atoms with Gasteiger partial charge in [-0.25, -0.2) is 0 Å². The molecule has 1 fully saturated rings. The highest BCUT2D eigenvalue weighted by molar-refractivity contribution is 7.99. The second-order valence-corrected chi connectivity index (χ2v) is 5.44. The van der Waals surface area contributed by atoms with Crippen molar-refractivity contribution in [1.82, 2.24) is 5.32 Å². The first kappa shape index (κ1) is 9.75. The maximum Gasteiger partial charge on any atom is 0.0166 e. The van der Waals surface area contributed by atoms with Gasteiger partial charge in [0.1, 0.15) is 0 Å². The van der Waals surface area contributed by atoms with Gasteiger partial charge in [0.05, 0.1) is 0 Å². The van der Waals surface area contributed by atoms with E-state index in [1.54, 1.807) is 0 Å². The minimum atomic E-state index is 0.764. The number of hydrogen-bond donors (Lipinski definition) is 1. The molecule has 1 aliphatic heterocycles. The molecular weight excluding hydrogens is 174 g/mol. The Morgan fingerprint density at radius 2 is 2.55 bits per heavy atom. The van der Waals surface area contributed by atoms with Gasteiger partial charge < -0.3 is 5.32 Å². The van der Waals surface area contributed by atoms with Crippen LogP contribution in [0.3, 0.4) is 0 Å². The first-order valence-electron chi connectivity index (χ1n) is 4.17. The molecule has 0 bridgehead atoms. The molecule has 3 heteroatoms. The van der Waals surface area contributed by atoms with Crippen LogP contribution < -0.4 is 5.32 Å². The predicted molar refractivity (Wildman–Crippen MR) is 56.7 cm³/mol. The topological polar surface area (TPSA) is 12.0 Å². The molecule has 11 heavy (non-hydrogen) atoms. The van der Waals surface area contributed by atoms with Crippen molar-refractivity contribution in [3.63, 3.8) is 0 Å². The molecule has 0 radical (unpaired) electrons. The van der Waals surface area contributed by atoms with Gasteiger partial charge in [-0.2, -0.15) is 23.5 Å². The molecule has 1 nitrogen and oxygen atoms in total. The number of rotatable bonds is 4. The summed E-state index contributed by atoms with van der Waals surface area (Å²) in [7, 11) is 0. The lowest BCUT2D eigenvalue weighted by molar-refractivity contribution is 0.560. The lowest BCUT2D eigenvalue weighted by atomic mass is 10.2. The first-order chi connectivity index (χ1) is 5.33. The molecule has 0 aromatic rings. The Morgan fingerprint density at radius 1 is 1.73 bits per heavy atom. The molecule has 0 aromatic carbocycles. The third-order valence-electron chi connectivity index (χ3n) is 2.03. The van der Waals surface area contributed by atoms with Gasteiger partial charge in [0.15, 0.2) is 0 Å². The van der Waals surface area contributed by atoms with Crippen LogP contribution in [0.2, 0.25) is 0 Å². The van der Waals surface area contributed by atoms with Crippen LogP contribution in [0.15, 0.2) is 0 Å². The van der Waals surface area contributed by atoms with E-state index in [9.17, 15) is 0 Å². The minimum absolute atomic E-state index is 0.764. The van der Waals surface area contributed by atoms with Gasteiger partial charge in [0.25, 0.3) is 0 Å². The van der Waals surface area contributed by atoms with Crippen molar-refractivity contribution in [2.45, 2.75) is 24.6 Å². The minimum Gasteiger partial charge on any atom is -0.312 e. The van der Waals surface area contributed by atoms with Gasteiger partial charge in [0.2, 0.25) is 0 Å². The molecule has 0 amide bonds. The zero-order valence-corrected chi connectivity index (χ0v) is 8.93. The maximum absolute atomic E-state index is 3.59. The summed E-state index contributed by atoms with van der Waals surface area (Å²) in [5.41, 5.74) is 0. The van der Waals surface area contributed by atoms with Gasteiger partial charge in [-0.1, -0.05) is 6.92 Å². The quantitative estimate of drug-likeness (QED) is 0.728. The van der Waals surface area contributed by atoms with E-state index in [0.29, 0.717) is 0 Å². The van der Waals surface area contributed by atoms with Crippen LogP contribution in [-0.2, 0) is 0 Å². The van der Waals surface area contributed by atoms with Crippen molar-refractivity contribution in [1.29, 1.82) is 0 Å². The fraction of sp³-hybridized carbons (Fsp3) is 1.00. The zero-order chi connectivity index (χ0) is 8.10. The molecular formula is C8H17NS2. The molecule has 0 spiro atoms. The smallest absolute Gasteiger partial charge is 0.0166 e. The van der Waals surface area contributed by atoms with Crippen molar-refractivity contribution in [2.75, 3.05) is 24.3 Å². The fourth-order valence-corrected chi connectivity index (χ4v) is 2.56. The van der Waals surface area contributed by atoms with Crippen molar-refractivity contribution < 1.29 is 0 Å². The van der Waals surface area contributed by atoms with E-state index in [2.05, 4.69) is 30.3 Å². The van der Waals surface area contributed by atoms with E-state index in [-0.39, 0.29) is 0 Å².